The van der Waals surface area contributed by atoms with Crippen LogP contribution >= 0.6 is 0 Å². The number of aryl methyl sites for hydroxylation is 2. The maximum atomic E-state index is 13.9. The predicted molar refractivity (Wildman–Crippen MR) is 152 cm³/mol. The fraction of sp³-hybridized carbons (Fsp3) is 0.552. The number of aromatic nitrogens is 1. The molecule has 0 bridgehead atoms. The molecule has 2 aliphatic carbocycles. The van der Waals surface area contributed by atoms with E-state index in [1.807, 2.05) is 29.8 Å². The number of hydrogen-bond donors (Lipinski definition) is 3. The van der Waals surface area contributed by atoms with Crippen LogP contribution in [0.5, 0.6) is 0 Å². The number of carbonyl (C=O) groups excluding carboxylic acids is 1. The molecule has 2 heterocycles. The van der Waals surface area contributed by atoms with E-state index in [0.717, 1.165) is 28.5 Å². The monoisotopic (exact) mass is 594 g/mol. The predicted octanol–water partition coefficient (Wildman–Crippen LogP) is 3.90. The molecule has 3 aliphatic rings. The van der Waals surface area contributed by atoms with Crippen molar-refractivity contribution in [1.82, 2.24) is 15.2 Å². The smallest absolute Gasteiger partial charge is 0.389 e. The van der Waals surface area contributed by atoms with Crippen molar-refractivity contribution >= 4 is 32.5 Å². The van der Waals surface area contributed by atoms with Gasteiger partial charge in [0.1, 0.15) is 0 Å². The van der Waals surface area contributed by atoms with E-state index in [-0.39, 0.29) is 36.2 Å². The molecule has 5 rings (SSSR count). The second kappa shape index (κ2) is 10.8. The number of hydrogen-bond acceptors (Lipinski definition) is 5. The van der Waals surface area contributed by atoms with Crippen LogP contribution < -0.4 is 14.9 Å². The lowest BCUT2D eigenvalue weighted by atomic mass is 9.87. The number of amides is 1. The third-order valence-electron chi connectivity index (χ3n) is 8.78. The Morgan fingerprint density at radius 3 is 2.73 bits per heavy atom. The molecule has 4 atom stereocenters. The number of aliphatic hydroxyl groups excluding tert-OH is 1. The van der Waals surface area contributed by atoms with Gasteiger partial charge in [-0.3, -0.25) is 9.10 Å². The molecule has 1 aromatic heterocycles. The van der Waals surface area contributed by atoms with Gasteiger partial charge in [-0.05, 0) is 49.8 Å². The van der Waals surface area contributed by atoms with E-state index in [0.29, 0.717) is 25.1 Å². The molecular formula is C29H37F3N4O4S. The standard InChI is InChI=1S/C29H37F3N4O4S/c1-4-36-17-19-9-12-41(39,40)35(3)23-13-20(14-24(36)26(19)23)27(38)34-28(25(37)16-33-11-10-29(30,31)32)15-22(28)21-8-6-5-7-18(21)2/h5-6,8,13-14,17-18,22,25,33,37H,4,7,9-12,15-16H2,1-3H3,(H,34,38)/t18?,22?,25-,28?/m1/s1. The van der Waals surface area contributed by atoms with Crippen molar-refractivity contribution in [2.24, 2.45) is 11.8 Å². The van der Waals surface area contributed by atoms with Gasteiger partial charge in [-0.2, -0.15) is 13.2 Å². The molecule has 2 aromatic rings. The lowest BCUT2D eigenvalue weighted by Gasteiger charge is -2.29. The summed E-state index contributed by atoms with van der Waals surface area (Å²) in [4.78, 5) is 13.9. The quantitative estimate of drug-likeness (QED) is 0.383. The average Bonchev–Trinajstić information content (AvgIpc) is 3.54. The summed E-state index contributed by atoms with van der Waals surface area (Å²) in [6.07, 6.45) is 3.10. The van der Waals surface area contributed by atoms with Crippen LogP contribution in [0.4, 0.5) is 18.9 Å². The highest BCUT2D eigenvalue weighted by atomic mass is 32.2. The first-order chi connectivity index (χ1) is 19.3. The maximum Gasteiger partial charge on any atom is 0.390 e. The average molecular weight is 595 g/mol. The fourth-order valence-electron chi connectivity index (χ4n) is 6.29. The zero-order chi connectivity index (χ0) is 29.7. The number of carbonyl (C=O) groups is 1. The first-order valence-electron chi connectivity index (χ1n) is 14.0. The van der Waals surface area contributed by atoms with Crippen molar-refractivity contribution < 1.29 is 31.5 Å². The summed E-state index contributed by atoms with van der Waals surface area (Å²) < 4.78 is 67.0. The normalized spacial score (nSPS) is 26.0. The first kappa shape index (κ1) is 29.7. The third kappa shape index (κ3) is 5.65. The molecule has 1 amide bonds. The van der Waals surface area contributed by atoms with Gasteiger partial charge in [0.05, 0.1) is 35.0 Å². The van der Waals surface area contributed by atoms with Crippen LogP contribution in [0.3, 0.4) is 0 Å². The number of rotatable bonds is 9. The first-order valence-corrected chi connectivity index (χ1v) is 15.7. The molecule has 8 nitrogen and oxygen atoms in total. The lowest BCUT2D eigenvalue weighted by Crippen LogP contribution is -2.51. The summed E-state index contributed by atoms with van der Waals surface area (Å²) in [5.74, 6) is -0.489. The van der Waals surface area contributed by atoms with E-state index in [1.54, 1.807) is 12.1 Å². The minimum absolute atomic E-state index is 0.0391. The van der Waals surface area contributed by atoms with Crippen molar-refractivity contribution in [2.45, 2.75) is 63.9 Å². The van der Waals surface area contributed by atoms with Crippen LogP contribution in [-0.4, -0.2) is 67.7 Å². The Hall–Kier alpha value is -2.83. The number of alkyl halides is 3. The van der Waals surface area contributed by atoms with Gasteiger partial charge in [-0.1, -0.05) is 30.7 Å². The molecule has 1 fully saturated rings. The summed E-state index contributed by atoms with van der Waals surface area (Å²) in [6, 6.07) is 3.32. The Kier molecular flexibility index (Phi) is 7.80. The highest BCUT2D eigenvalue weighted by Crippen LogP contribution is 2.54. The molecule has 1 aliphatic heterocycles. The van der Waals surface area contributed by atoms with Crippen LogP contribution in [0, 0.1) is 11.8 Å². The van der Waals surface area contributed by atoms with Crippen molar-refractivity contribution in [3.8, 4) is 0 Å². The van der Waals surface area contributed by atoms with Crippen molar-refractivity contribution in [1.29, 1.82) is 0 Å². The van der Waals surface area contributed by atoms with Gasteiger partial charge < -0.3 is 20.3 Å². The molecular weight excluding hydrogens is 557 g/mol. The number of nitrogens with zero attached hydrogens (tertiary/aromatic N) is 2. The number of aliphatic hydroxyl groups is 1. The zero-order valence-electron chi connectivity index (χ0n) is 23.5. The van der Waals surface area contributed by atoms with Crippen LogP contribution in [0.2, 0.25) is 0 Å². The largest absolute Gasteiger partial charge is 0.390 e. The molecule has 1 aromatic carbocycles. The Morgan fingerprint density at radius 1 is 1.29 bits per heavy atom. The second-order valence-electron chi connectivity index (χ2n) is 11.4. The topological polar surface area (TPSA) is 104 Å². The SMILES string of the molecule is CCn1cc2c3c(cc(C(=O)NC4([C@H](O)CNCCC(F)(F)F)CC4C4=CC=CCC4C)cc31)N(C)S(=O)(=O)CC2. The van der Waals surface area contributed by atoms with E-state index in [4.69, 9.17) is 0 Å². The summed E-state index contributed by atoms with van der Waals surface area (Å²) in [7, 11) is -2.09. The second-order valence-corrected chi connectivity index (χ2v) is 13.6. The van der Waals surface area contributed by atoms with Gasteiger partial charge >= 0.3 is 6.18 Å². The highest BCUT2D eigenvalue weighted by molar-refractivity contribution is 7.92. The molecule has 12 heteroatoms. The molecule has 0 spiro atoms. The maximum absolute atomic E-state index is 13.9. The number of sulfonamides is 1. The molecule has 3 unspecified atom stereocenters. The number of benzene rings is 1. The Morgan fingerprint density at radius 2 is 2.05 bits per heavy atom. The van der Waals surface area contributed by atoms with Gasteiger partial charge in [0, 0.05) is 49.7 Å². The van der Waals surface area contributed by atoms with E-state index >= 15 is 0 Å². The van der Waals surface area contributed by atoms with E-state index in [1.165, 1.54) is 11.4 Å². The molecule has 0 saturated heterocycles. The fourth-order valence-corrected chi connectivity index (χ4v) is 7.48. The molecule has 224 valence electrons. The van der Waals surface area contributed by atoms with Crippen LogP contribution in [-0.2, 0) is 23.0 Å². The minimum Gasteiger partial charge on any atom is -0.389 e. The Bertz CT molecular complexity index is 1510. The summed E-state index contributed by atoms with van der Waals surface area (Å²) >= 11 is 0. The van der Waals surface area contributed by atoms with Crippen LogP contribution in [0.15, 0.2) is 42.1 Å². The summed E-state index contributed by atoms with van der Waals surface area (Å²) in [5.41, 5.74) is 2.35. The number of allylic oxidation sites excluding steroid dienone is 3. The molecule has 0 radical (unpaired) electrons. The zero-order valence-corrected chi connectivity index (χ0v) is 24.3. The van der Waals surface area contributed by atoms with E-state index in [2.05, 4.69) is 23.6 Å². The van der Waals surface area contributed by atoms with E-state index < -0.39 is 40.2 Å². The van der Waals surface area contributed by atoms with Gasteiger partial charge in [0.2, 0.25) is 10.0 Å². The van der Waals surface area contributed by atoms with Crippen molar-refractivity contribution in [2.75, 3.05) is 30.2 Å². The number of anilines is 1. The Balaban J connectivity index is 1.47. The number of nitrogens with one attached hydrogen (secondary N) is 2. The van der Waals surface area contributed by atoms with Crippen LogP contribution in [0.1, 0.15) is 49.0 Å². The van der Waals surface area contributed by atoms with Gasteiger partial charge in [-0.25, -0.2) is 8.42 Å². The third-order valence-corrected chi connectivity index (χ3v) is 10.5. The Labute approximate surface area is 238 Å². The minimum atomic E-state index is -4.31. The summed E-state index contributed by atoms with van der Waals surface area (Å²) in [5, 5.41) is 17.8. The van der Waals surface area contributed by atoms with Crippen molar-refractivity contribution in [3.05, 3.63) is 53.3 Å². The summed E-state index contributed by atoms with van der Waals surface area (Å²) in [6.45, 7) is 4.22. The van der Waals surface area contributed by atoms with Gasteiger partial charge in [0.25, 0.3) is 5.91 Å². The van der Waals surface area contributed by atoms with Gasteiger partial charge in [0.15, 0.2) is 0 Å². The van der Waals surface area contributed by atoms with Crippen molar-refractivity contribution in [3.63, 3.8) is 0 Å². The van der Waals surface area contributed by atoms with Crippen LogP contribution in [0.25, 0.3) is 10.9 Å². The van der Waals surface area contributed by atoms with Gasteiger partial charge in [-0.15, -0.1) is 0 Å². The van der Waals surface area contributed by atoms with E-state index in [9.17, 15) is 31.5 Å². The molecule has 1 saturated carbocycles. The number of halogens is 3. The lowest BCUT2D eigenvalue weighted by molar-refractivity contribution is -0.133. The molecule has 3 N–H and O–H groups in total. The molecule has 41 heavy (non-hydrogen) atoms. The highest BCUT2D eigenvalue weighted by Gasteiger charge is 2.61.